The fourth-order valence-corrected chi connectivity index (χ4v) is 4.76. The average molecular weight is 333 g/mol. The van der Waals surface area contributed by atoms with E-state index in [0.717, 1.165) is 3.79 Å². The smallest absolute Gasteiger partial charge is 0.206 e. The van der Waals surface area contributed by atoms with Crippen molar-refractivity contribution in [3.8, 4) is 0 Å². The highest BCUT2D eigenvalue weighted by molar-refractivity contribution is 9.11. The van der Waals surface area contributed by atoms with Crippen LogP contribution in [0.5, 0.6) is 0 Å². The molecule has 0 amide bonds. The second-order valence-electron chi connectivity index (χ2n) is 3.08. The molecule has 15 heavy (non-hydrogen) atoms. The van der Waals surface area contributed by atoms with Crippen LogP contribution in [0.3, 0.4) is 0 Å². The van der Waals surface area contributed by atoms with Gasteiger partial charge in [0.2, 0.25) is 0 Å². The zero-order valence-electron chi connectivity index (χ0n) is 8.28. The summed E-state index contributed by atoms with van der Waals surface area (Å²) in [6.07, 6.45) is 0. The first-order valence-corrected chi connectivity index (χ1v) is 7.77. The van der Waals surface area contributed by atoms with E-state index >= 15 is 0 Å². The number of hydrogen-bond acceptors (Lipinski definition) is 3. The van der Waals surface area contributed by atoms with Crippen LogP contribution < -0.4 is 0 Å². The van der Waals surface area contributed by atoms with E-state index in [1.54, 1.807) is 19.1 Å². The summed E-state index contributed by atoms with van der Waals surface area (Å²) in [5, 5.41) is 0. The van der Waals surface area contributed by atoms with Gasteiger partial charge in [0.15, 0.2) is 0 Å². The Bertz CT molecular complexity index is 432. The van der Waals surface area contributed by atoms with Crippen molar-refractivity contribution in [2.75, 3.05) is 12.9 Å². The average Bonchev–Trinajstić information content (AvgIpc) is 2.63. The van der Waals surface area contributed by atoms with Gasteiger partial charge in [-0.25, -0.2) is 8.42 Å². The van der Waals surface area contributed by atoms with E-state index in [0.29, 0.717) is 4.21 Å². The van der Waals surface area contributed by atoms with E-state index in [1.165, 1.54) is 22.7 Å². The molecule has 0 aliphatic carbocycles. The standard InChI is InChI=1S/C8H11BrClNO2S2/c1-6(5-10)11(2)15(12,13)8-4-3-7(9)14-8/h3-4,6H,5H2,1-2H3. The summed E-state index contributed by atoms with van der Waals surface area (Å²) in [5.41, 5.74) is 0. The van der Waals surface area contributed by atoms with Crippen LogP contribution in [-0.2, 0) is 10.0 Å². The Morgan fingerprint density at radius 3 is 2.60 bits per heavy atom. The molecular weight excluding hydrogens is 322 g/mol. The van der Waals surface area contributed by atoms with Crippen LogP contribution in [-0.4, -0.2) is 31.7 Å². The molecule has 0 saturated carbocycles. The van der Waals surface area contributed by atoms with Crippen LogP contribution in [0.15, 0.2) is 20.1 Å². The first-order valence-electron chi connectivity index (χ1n) is 4.19. The highest BCUT2D eigenvalue weighted by Crippen LogP contribution is 2.28. The highest BCUT2D eigenvalue weighted by Gasteiger charge is 2.26. The summed E-state index contributed by atoms with van der Waals surface area (Å²) >= 11 is 10.1. The highest BCUT2D eigenvalue weighted by atomic mass is 79.9. The molecule has 0 spiro atoms. The molecule has 86 valence electrons. The van der Waals surface area contributed by atoms with Gasteiger partial charge in [0.25, 0.3) is 10.0 Å². The van der Waals surface area contributed by atoms with Gasteiger partial charge in [-0.15, -0.1) is 22.9 Å². The molecule has 3 nitrogen and oxygen atoms in total. The fraction of sp³-hybridized carbons (Fsp3) is 0.500. The number of sulfonamides is 1. The molecule has 1 atom stereocenters. The molecule has 1 rings (SSSR count). The largest absolute Gasteiger partial charge is 0.252 e. The van der Waals surface area contributed by atoms with Gasteiger partial charge in [-0.1, -0.05) is 0 Å². The lowest BCUT2D eigenvalue weighted by Crippen LogP contribution is -2.35. The SMILES string of the molecule is CC(CCl)N(C)S(=O)(=O)c1ccc(Br)s1. The molecule has 1 heterocycles. The van der Waals surface area contributed by atoms with Crippen LogP contribution >= 0.6 is 38.9 Å². The van der Waals surface area contributed by atoms with E-state index in [2.05, 4.69) is 15.9 Å². The van der Waals surface area contributed by atoms with Gasteiger partial charge in [0, 0.05) is 19.0 Å². The van der Waals surface area contributed by atoms with Crippen molar-refractivity contribution < 1.29 is 8.42 Å². The summed E-state index contributed by atoms with van der Waals surface area (Å²) in [4.78, 5) is 0. The van der Waals surface area contributed by atoms with Gasteiger partial charge in [0.1, 0.15) is 4.21 Å². The topological polar surface area (TPSA) is 37.4 Å². The lowest BCUT2D eigenvalue weighted by atomic mass is 10.4. The summed E-state index contributed by atoms with van der Waals surface area (Å²) in [6.45, 7) is 1.77. The second-order valence-corrected chi connectivity index (χ2v) is 8.08. The van der Waals surface area contributed by atoms with E-state index in [-0.39, 0.29) is 11.9 Å². The number of nitrogens with zero attached hydrogens (tertiary/aromatic N) is 1. The van der Waals surface area contributed by atoms with Crippen LogP contribution in [0.4, 0.5) is 0 Å². The van der Waals surface area contributed by atoms with Crippen molar-refractivity contribution in [1.29, 1.82) is 0 Å². The third-order valence-corrected chi connectivity index (χ3v) is 6.54. The van der Waals surface area contributed by atoms with Crippen molar-refractivity contribution in [2.24, 2.45) is 0 Å². The van der Waals surface area contributed by atoms with Crippen LogP contribution in [0.25, 0.3) is 0 Å². The molecule has 0 aliphatic heterocycles. The molecule has 0 bridgehead atoms. The molecule has 0 aliphatic rings. The molecule has 7 heteroatoms. The Labute approximate surface area is 107 Å². The Kier molecular flexibility index (Phi) is 4.61. The minimum atomic E-state index is -3.39. The van der Waals surface area contributed by atoms with Crippen molar-refractivity contribution >= 4 is 48.9 Å². The maximum absolute atomic E-state index is 12.0. The molecule has 1 unspecified atom stereocenters. The van der Waals surface area contributed by atoms with E-state index < -0.39 is 10.0 Å². The minimum absolute atomic E-state index is 0.211. The first-order chi connectivity index (χ1) is 6.89. The fourth-order valence-electron chi connectivity index (χ4n) is 0.912. The monoisotopic (exact) mass is 331 g/mol. The predicted molar refractivity (Wildman–Crippen MR) is 67.1 cm³/mol. The molecular formula is C8H11BrClNO2S2. The van der Waals surface area contributed by atoms with E-state index in [9.17, 15) is 8.42 Å². The van der Waals surface area contributed by atoms with Crippen LogP contribution in [0.2, 0.25) is 0 Å². The third kappa shape index (κ3) is 2.94. The third-order valence-electron chi connectivity index (χ3n) is 2.03. The van der Waals surface area contributed by atoms with Crippen LogP contribution in [0.1, 0.15) is 6.92 Å². The normalized spacial score (nSPS) is 14.5. The van der Waals surface area contributed by atoms with Gasteiger partial charge in [-0.05, 0) is 35.0 Å². The van der Waals surface area contributed by atoms with Crippen molar-refractivity contribution in [3.05, 3.63) is 15.9 Å². The molecule has 1 aromatic heterocycles. The number of halogens is 2. The summed E-state index contributed by atoms with van der Waals surface area (Å²) < 4.78 is 26.4. The molecule has 0 N–H and O–H groups in total. The molecule has 1 aromatic rings. The zero-order chi connectivity index (χ0) is 11.6. The Hall–Kier alpha value is 0.380. The number of hydrogen-bond donors (Lipinski definition) is 0. The lowest BCUT2D eigenvalue weighted by molar-refractivity contribution is 0.415. The van der Waals surface area contributed by atoms with Gasteiger partial charge in [-0.3, -0.25) is 0 Å². The summed E-state index contributed by atoms with van der Waals surface area (Å²) in [5.74, 6) is 0.280. The van der Waals surface area contributed by atoms with E-state index in [4.69, 9.17) is 11.6 Å². The maximum atomic E-state index is 12.0. The van der Waals surface area contributed by atoms with Crippen molar-refractivity contribution in [2.45, 2.75) is 17.2 Å². The Morgan fingerprint density at radius 2 is 2.20 bits per heavy atom. The minimum Gasteiger partial charge on any atom is -0.206 e. The Balaban J connectivity index is 3.03. The number of thiophene rings is 1. The van der Waals surface area contributed by atoms with Gasteiger partial charge >= 0.3 is 0 Å². The maximum Gasteiger partial charge on any atom is 0.252 e. The van der Waals surface area contributed by atoms with Crippen molar-refractivity contribution in [1.82, 2.24) is 4.31 Å². The van der Waals surface area contributed by atoms with Crippen LogP contribution in [0, 0.1) is 0 Å². The Morgan fingerprint density at radius 1 is 1.60 bits per heavy atom. The predicted octanol–water partition coefficient (Wildman–Crippen LogP) is 2.76. The van der Waals surface area contributed by atoms with Gasteiger partial charge in [-0.2, -0.15) is 4.31 Å². The molecule has 0 radical (unpaired) electrons. The number of rotatable bonds is 4. The lowest BCUT2D eigenvalue weighted by Gasteiger charge is -2.21. The zero-order valence-corrected chi connectivity index (χ0v) is 12.3. The van der Waals surface area contributed by atoms with E-state index in [1.807, 2.05) is 0 Å². The first kappa shape index (κ1) is 13.4. The van der Waals surface area contributed by atoms with Crippen molar-refractivity contribution in [3.63, 3.8) is 0 Å². The summed E-state index contributed by atoms with van der Waals surface area (Å²) in [7, 11) is -1.85. The molecule has 0 fully saturated rings. The summed E-state index contributed by atoms with van der Waals surface area (Å²) in [6, 6.07) is 3.09. The quantitative estimate of drug-likeness (QED) is 0.795. The van der Waals surface area contributed by atoms with Gasteiger partial charge in [0.05, 0.1) is 3.79 Å². The number of alkyl halides is 1. The van der Waals surface area contributed by atoms with Gasteiger partial charge < -0.3 is 0 Å². The molecule has 0 saturated heterocycles. The molecule has 0 aromatic carbocycles. The second kappa shape index (κ2) is 5.14.